The zero-order valence-corrected chi connectivity index (χ0v) is 15.9. The number of hydrogen-bond acceptors (Lipinski definition) is 6. The number of aromatic nitrogens is 3. The third-order valence-electron chi connectivity index (χ3n) is 4.50. The van der Waals surface area contributed by atoms with Gasteiger partial charge in [-0.25, -0.2) is 9.97 Å². The quantitative estimate of drug-likeness (QED) is 0.698. The number of nitrogens with two attached hydrogens (primary N) is 1. The first kappa shape index (κ1) is 18.8. The largest absolute Gasteiger partial charge is 0.507 e. The van der Waals surface area contributed by atoms with Gasteiger partial charge < -0.3 is 15.7 Å². The molecule has 2 heterocycles. The summed E-state index contributed by atoms with van der Waals surface area (Å²) in [6, 6.07) is 11.3. The van der Waals surface area contributed by atoms with E-state index in [1.54, 1.807) is 18.5 Å². The van der Waals surface area contributed by atoms with Crippen molar-refractivity contribution < 1.29 is 5.11 Å². The first-order chi connectivity index (χ1) is 13.0. The smallest absolute Gasteiger partial charge is 0.165 e. The Morgan fingerprint density at radius 2 is 1.96 bits per heavy atom. The monoisotopic (exact) mass is 363 g/mol. The lowest BCUT2D eigenvalue weighted by Gasteiger charge is -2.22. The number of pyridine rings is 1. The Bertz CT molecular complexity index is 914. The van der Waals surface area contributed by atoms with Crippen LogP contribution < -0.4 is 10.6 Å². The van der Waals surface area contributed by atoms with Crippen LogP contribution in [-0.4, -0.2) is 39.7 Å². The molecule has 3 aromatic rings. The maximum atomic E-state index is 10.4. The van der Waals surface area contributed by atoms with Crippen LogP contribution in [0.25, 0.3) is 22.5 Å². The molecule has 3 N–H and O–H groups in total. The number of rotatable bonds is 6. The highest BCUT2D eigenvalue weighted by molar-refractivity contribution is 5.74. The van der Waals surface area contributed by atoms with Gasteiger partial charge in [-0.1, -0.05) is 19.1 Å². The predicted molar refractivity (Wildman–Crippen MR) is 109 cm³/mol. The van der Waals surface area contributed by atoms with Crippen molar-refractivity contribution in [2.45, 2.75) is 26.3 Å². The Hall–Kier alpha value is -2.99. The molecule has 1 atom stereocenters. The minimum absolute atomic E-state index is 0.0797. The molecule has 0 saturated heterocycles. The third kappa shape index (κ3) is 4.41. The van der Waals surface area contributed by atoms with E-state index in [1.807, 2.05) is 49.2 Å². The molecule has 0 amide bonds. The van der Waals surface area contributed by atoms with Crippen molar-refractivity contribution >= 4 is 5.82 Å². The van der Waals surface area contributed by atoms with E-state index in [0.29, 0.717) is 17.9 Å². The highest BCUT2D eigenvalue weighted by atomic mass is 16.3. The normalized spacial score (nSPS) is 12.0. The van der Waals surface area contributed by atoms with E-state index in [2.05, 4.69) is 21.9 Å². The summed E-state index contributed by atoms with van der Waals surface area (Å²) >= 11 is 0. The maximum Gasteiger partial charge on any atom is 0.165 e. The van der Waals surface area contributed by atoms with E-state index in [4.69, 9.17) is 5.73 Å². The number of phenolic OH excluding ortho intramolecular Hbond substituents is 1. The average Bonchev–Trinajstić information content (AvgIpc) is 2.68. The Morgan fingerprint density at radius 3 is 2.67 bits per heavy atom. The van der Waals surface area contributed by atoms with Crippen molar-refractivity contribution in [1.29, 1.82) is 0 Å². The number of hydrogen-bond donors (Lipinski definition) is 2. The van der Waals surface area contributed by atoms with Crippen molar-refractivity contribution in [3.05, 3.63) is 54.5 Å². The SMILES string of the molecule is CCC(N)CN(C)c1cc(C)nc(-c2cc(-c3cccnc3)ccc2O)n1. The van der Waals surface area contributed by atoms with Gasteiger partial charge in [-0.3, -0.25) is 4.98 Å². The Kier molecular flexibility index (Phi) is 5.66. The molecule has 6 heteroatoms. The molecule has 0 saturated carbocycles. The molecule has 0 aliphatic heterocycles. The second-order valence-corrected chi connectivity index (χ2v) is 6.71. The van der Waals surface area contributed by atoms with Gasteiger partial charge in [0.25, 0.3) is 0 Å². The number of aryl methyl sites for hydroxylation is 1. The highest BCUT2D eigenvalue weighted by Crippen LogP contribution is 2.32. The van der Waals surface area contributed by atoms with Crippen molar-refractivity contribution in [2.24, 2.45) is 5.73 Å². The summed E-state index contributed by atoms with van der Waals surface area (Å²) in [6.07, 6.45) is 4.42. The summed E-state index contributed by atoms with van der Waals surface area (Å²) in [7, 11) is 1.97. The van der Waals surface area contributed by atoms with Crippen LogP contribution in [-0.2, 0) is 0 Å². The zero-order valence-electron chi connectivity index (χ0n) is 15.9. The fraction of sp³-hybridized carbons (Fsp3) is 0.286. The molecule has 1 aromatic carbocycles. The summed E-state index contributed by atoms with van der Waals surface area (Å²) in [6.45, 7) is 4.69. The number of benzene rings is 1. The molecule has 0 aliphatic carbocycles. The molecule has 6 nitrogen and oxygen atoms in total. The fourth-order valence-electron chi connectivity index (χ4n) is 2.87. The van der Waals surface area contributed by atoms with Gasteiger partial charge in [0.05, 0.1) is 5.56 Å². The predicted octanol–water partition coefficient (Wildman–Crippen LogP) is 3.39. The van der Waals surface area contributed by atoms with E-state index in [1.165, 1.54) is 0 Å². The first-order valence-electron chi connectivity index (χ1n) is 9.04. The summed E-state index contributed by atoms with van der Waals surface area (Å²) in [5.74, 6) is 1.42. The molecular formula is C21H25N5O. The van der Waals surface area contributed by atoms with Gasteiger partial charge in [0.2, 0.25) is 0 Å². The van der Waals surface area contributed by atoms with E-state index in [9.17, 15) is 5.11 Å². The molecule has 2 aromatic heterocycles. The van der Waals surface area contributed by atoms with E-state index >= 15 is 0 Å². The lowest BCUT2D eigenvalue weighted by atomic mass is 10.0. The number of nitrogens with zero attached hydrogens (tertiary/aromatic N) is 4. The van der Waals surface area contributed by atoms with Crippen molar-refractivity contribution in [1.82, 2.24) is 15.0 Å². The van der Waals surface area contributed by atoms with Crippen LogP contribution in [0.4, 0.5) is 5.82 Å². The molecule has 0 fully saturated rings. The third-order valence-corrected chi connectivity index (χ3v) is 4.50. The Labute approximate surface area is 159 Å². The van der Waals surface area contributed by atoms with Crippen molar-refractivity contribution in [3.8, 4) is 28.3 Å². The van der Waals surface area contributed by atoms with Gasteiger partial charge in [-0.05, 0) is 37.1 Å². The highest BCUT2D eigenvalue weighted by Gasteiger charge is 2.14. The average molecular weight is 363 g/mol. The van der Waals surface area contributed by atoms with Crippen LogP contribution in [0.2, 0.25) is 0 Å². The second-order valence-electron chi connectivity index (χ2n) is 6.71. The van der Waals surface area contributed by atoms with Crippen LogP contribution in [0.1, 0.15) is 19.0 Å². The molecule has 0 radical (unpaired) electrons. The summed E-state index contributed by atoms with van der Waals surface area (Å²) in [5.41, 5.74) is 9.42. The van der Waals surface area contributed by atoms with Crippen molar-refractivity contribution in [3.63, 3.8) is 0 Å². The Balaban J connectivity index is 2.01. The lowest BCUT2D eigenvalue weighted by molar-refractivity contribution is 0.477. The second kappa shape index (κ2) is 8.14. The number of aromatic hydroxyl groups is 1. The zero-order chi connectivity index (χ0) is 19.4. The maximum absolute atomic E-state index is 10.4. The molecule has 1 unspecified atom stereocenters. The van der Waals surface area contributed by atoms with Gasteiger partial charge in [0.15, 0.2) is 5.82 Å². The van der Waals surface area contributed by atoms with Crippen LogP contribution in [0.5, 0.6) is 5.75 Å². The lowest BCUT2D eigenvalue weighted by Crippen LogP contribution is -2.35. The first-order valence-corrected chi connectivity index (χ1v) is 9.04. The van der Waals surface area contributed by atoms with Gasteiger partial charge in [-0.2, -0.15) is 0 Å². The standard InChI is InChI=1S/C21H25N5O/c1-4-17(22)13-26(3)20-10-14(2)24-21(25-20)18-11-15(7-8-19(18)27)16-6-5-9-23-12-16/h5-12,17,27H,4,13,22H2,1-3H3. The minimum atomic E-state index is 0.0797. The summed E-state index contributed by atoms with van der Waals surface area (Å²) in [5, 5.41) is 10.4. The molecule has 0 aliphatic rings. The van der Waals surface area contributed by atoms with E-state index < -0.39 is 0 Å². The molecule has 3 rings (SSSR count). The van der Waals surface area contributed by atoms with E-state index in [-0.39, 0.29) is 11.8 Å². The van der Waals surface area contributed by atoms with Crippen LogP contribution in [0.15, 0.2) is 48.8 Å². The van der Waals surface area contributed by atoms with Crippen LogP contribution in [0, 0.1) is 6.92 Å². The molecule has 0 spiro atoms. The summed E-state index contributed by atoms with van der Waals surface area (Å²) < 4.78 is 0. The Morgan fingerprint density at radius 1 is 1.15 bits per heavy atom. The van der Waals surface area contributed by atoms with Crippen molar-refractivity contribution in [2.75, 3.05) is 18.5 Å². The van der Waals surface area contributed by atoms with Gasteiger partial charge in [0.1, 0.15) is 11.6 Å². The fourth-order valence-corrected chi connectivity index (χ4v) is 2.87. The molecular weight excluding hydrogens is 338 g/mol. The number of likely N-dealkylation sites (N-methyl/N-ethyl adjacent to an activating group) is 1. The van der Waals surface area contributed by atoms with Crippen LogP contribution >= 0.6 is 0 Å². The topological polar surface area (TPSA) is 88.2 Å². The van der Waals surface area contributed by atoms with Gasteiger partial charge in [-0.15, -0.1) is 0 Å². The number of anilines is 1. The number of phenols is 1. The molecule has 0 bridgehead atoms. The van der Waals surface area contributed by atoms with Crippen LogP contribution in [0.3, 0.4) is 0 Å². The van der Waals surface area contributed by atoms with E-state index in [0.717, 1.165) is 29.1 Å². The van der Waals surface area contributed by atoms with Gasteiger partial charge in [0, 0.05) is 49.4 Å². The minimum Gasteiger partial charge on any atom is -0.507 e. The molecule has 27 heavy (non-hydrogen) atoms. The molecule has 140 valence electrons. The summed E-state index contributed by atoms with van der Waals surface area (Å²) in [4.78, 5) is 15.4. The van der Waals surface area contributed by atoms with Gasteiger partial charge >= 0.3 is 0 Å².